The Morgan fingerprint density at radius 3 is 2.78 bits per heavy atom. The van der Waals surface area contributed by atoms with Crippen molar-refractivity contribution in [3.63, 3.8) is 0 Å². The van der Waals surface area contributed by atoms with Gasteiger partial charge in [-0.05, 0) is 44.4 Å². The van der Waals surface area contributed by atoms with E-state index in [4.69, 9.17) is 0 Å². The summed E-state index contributed by atoms with van der Waals surface area (Å²) in [5.74, 6) is 0. The molecule has 126 valence electrons. The second-order valence-electron chi connectivity index (χ2n) is 6.87. The van der Waals surface area contributed by atoms with Crippen molar-refractivity contribution in [2.75, 3.05) is 6.54 Å². The number of hydrogen-bond donors (Lipinski definition) is 0. The minimum atomic E-state index is -0.974. The summed E-state index contributed by atoms with van der Waals surface area (Å²) >= 11 is 0. The highest BCUT2D eigenvalue weighted by Gasteiger charge is 2.35. The van der Waals surface area contributed by atoms with Gasteiger partial charge in [0, 0.05) is 21.9 Å². The van der Waals surface area contributed by atoms with Crippen molar-refractivity contribution in [1.82, 2.24) is 4.90 Å². The molecule has 0 amide bonds. The quantitative estimate of drug-likeness (QED) is 0.663. The average Bonchev–Trinajstić information content (AvgIpc) is 3.07. The van der Waals surface area contributed by atoms with E-state index in [2.05, 4.69) is 17.9 Å². The van der Waals surface area contributed by atoms with Crippen LogP contribution in [0.2, 0.25) is 0 Å². The highest BCUT2D eigenvalue weighted by atomic mass is 32.2. The highest BCUT2D eigenvalue weighted by molar-refractivity contribution is 7.89. The van der Waals surface area contributed by atoms with E-state index in [0.717, 1.165) is 11.3 Å². The molecule has 3 rings (SSSR count). The number of nitrogens with zero attached hydrogens (tertiary/aromatic N) is 1. The summed E-state index contributed by atoms with van der Waals surface area (Å²) in [5, 5.41) is 0. The zero-order valence-corrected chi connectivity index (χ0v) is 15.1. The van der Waals surface area contributed by atoms with Crippen LogP contribution in [0.4, 0.5) is 0 Å². The Kier molecular flexibility index (Phi) is 6.07. The van der Waals surface area contributed by atoms with Crippen LogP contribution in [0, 0.1) is 0 Å². The van der Waals surface area contributed by atoms with Crippen LogP contribution in [0.5, 0.6) is 0 Å². The molecular formula is C20H29NOS. The molecule has 0 saturated carbocycles. The fourth-order valence-electron chi connectivity index (χ4n) is 3.99. The van der Waals surface area contributed by atoms with Gasteiger partial charge in [0.05, 0.1) is 10.8 Å². The van der Waals surface area contributed by atoms with Crippen LogP contribution >= 0.6 is 0 Å². The lowest BCUT2D eigenvalue weighted by molar-refractivity contribution is 0.187. The molecule has 23 heavy (non-hydrogen) atoms. The van der Waals surface area contributed by atoms with Crippen molar-refractivity contribution in [2.24, 2.45) is 0 Å². The molecule has 1 saturated heterocycles. The van der Waals surface area contributed by atoms with Gasteiger partial charge in [0.25, 0.3) is 0 Å². The number of benzene rings is 1. The molecule has 3 atom stereocenters. The smallest absolute Gasteiger partial charge is 0.0806 e. The van der Waals surface area contributed by atoms with E-state index in [-0.39, 0.29) is 0 Å². The van der Waals surface area contributed by atoms with Crippen LogP contribution in [0.1, 0.15) is 58.3 Å². The van der Waals surface area contributed by atoms with Crippen molar-refractivity contribution in [2.45, 2.75) is 75.3 Å². The summed E-state index contributed by atoms with van der Waals surface area (Å²) < 4.78 is 12.9. The fourth-order valence-corrected chi connectivity index (χ4v) is 5.32. The largest absolute Gasteiger partial charge is 0.294 e. The first-order valence-corrected chi connectivity index (χ1v) is 10.4. The van der Waals surface area contributed by atoms with E-state index < -0.39 is 10.8 Å². The number of fused-ring (bicyclic) bond motifs is 1. The zero-order chi connectivity index (χ0) is 16.1. The first kappa shape index (κ1) is 16.9. The highest BCUT2D eigenvalue weighted by Crippen LogP contribution is 2.35. The van der Waals surface area contributed by atoms with Gasteiger partial charge in [-0.25, -0.2) is 4.21 Å². The standard InChI is InChI=1S/C20H29NOS/c1-2-3-4-6-10-17-15-20(16-18-11-9-14-21(17)18)23(22)19-12-7-5-8-13-19/h5,7-8,12-13,15,17-18H,2-4,6,9-11,14,16H2,1H3/t17-,18+,23?/m0/s1. The lowest BCUT2D eigenvalue weighted by atomic mass is 9.99. The molecular weight excluding hydrogens is 302 g/mol. The van der Waals surface area contributed by atoms with E-state index in [1.54, 1.807) is 0 Å². The first-order chi connectivity index (χ1) is 11.3. The lowest BCUT2D eigenvalue weighted by Gasteiger charge is -2.36. The topological polar surface area (TPSA) is 20.3 Å². The average molecular weight is 332 g/mol. The van der Waals surface area contributed by atoms with Crippen LogP contribution in [0.25, 0.3) is 0 Å². The number of hydrogen-bond acceptors (Lipinski definition) is 2. The molecule has 1 unspecified atom stereocenters. The molecule has 1 aromatic carbocycles. The van der Waals surface area contributed by atoms with Crippen molar-refractivity contribution >= 4 is 10.8 Å². The van der Waals surface area contributed by atoms with E-state index in [1.807, 2.05) is 30.3 Å². The molecule has 0 aliphatic carbocycles. The van der Waals surface area contributed by atoms with Gasteiger partial charge in [0.2, 0.25) is 0 Å². The van der Waals surface area contributed by atoms with Crippen LogP contribution in [0.15, 0.2) is 46.2 Å². The van der Waals surface area contributed by atoms with Crippen LogP contribution < -0.4 is 0 Å². The molecule has 0 bridgehead atoms. The second-order valence-corrected chi connectivity index (χ2v) is 8.40. The maximum atomic E-state index is 12.9. The summed E-state index contributed by atoms with van der Waals surface area (Å²) in [7, 11) is -0.974. The van der Waals surface area contributed by atoms with Gasteiger partial charge in [-0.1, -0.05) is 56.9 Å². The molecule has 2 aliphatic heterocycles. The van der Waals surface area contributed by atoms with Gasteiger partial charge >= 0.3 is 0 Å². The first-order valence-electron chi connectivity index (χ1n) is 9.23. The maximum absolute atomic E-state index is 12.9. The lowest BCUT2D eigenvalue weighted by Crippen LogP contribution is -2.41. The van der Waals surface area contributed by atoms with Crippen molar-refractivity contribution < 1.29 is 4.21 Å². The predicted molar refractivity (Wildman–Crippen MR) is 97.8 cm³/mol. The van der Waals surface area contributed by atoms with Gasteiger partial charge < -0.3 is 0 Å². The van der Waals surface area contributed by atoms with Gasteiger partial charge in [-0.2, -0.15) is 0 Å². The molecule has 0 radical (unpaired) electrons. The van der Waals surface area contributed by atoms with E-state index >= 15 is 0 Å². The second kappa shape index (κ2) is 8.25. The van der Waals surface area contributed by atoms with Crippen LogP contribution in [0.3, 0.4) is 0 Å². The van der Waals surface area contributed by atoms with Crippen molar-refractivity contribution in [3.05, 3.63) is 41.3 Å². The van der Waals surface area contributed by atoms with Gasteiger partial charge in [0.1, 0.15) is 0 Å². The zero-order valence-electron chi connectivity index (χ0n) is 14.2. The normalized spacial score (nSPS) is 25.9. The summed E-state index contributed by atoms with van der Waals surface area (Å²) in [6, 6.07) is 11.1. The van der Waals surface area contributed by atoms with Crippen molar-refractivity contribution in [3.8, 4) is 0 Å². The minimum Gasteiger partial charge on any atom is -0.294 e. The molecule has 0 spiro atoms. The molecule has 0 aromatic heterocycles. The Hall–Kier alpha value is -0.930. The summed E-state index contributed by atoms with van der Waals surface area (Å²) in [6.45, 7) is 3.49. The molecule has 2 aliphatic rings. The van der Waals surface area contributed by atoms with Gasteiger partial charge in [0.15, 0.2) is 0 Å². The third kappa shape index (κ3) is 4.13. The Morgan fingerprint density at radius 2 is 2.00 bits per heavy atom. The Balaban J connectivity index is 1.72. The van der Waals surface area contributed by atoms with E-state index in [9.17, 15) is 4.21 Å². The van der Waals surface area contributed by atoms with Gasteiger partial charge in [-0.15, -0.1) is 0 Å². The molecule has 2 heterocycles. The molecule has 1 fully saturated rings. The molecule has 0 N–H and O–H groups in total. The molecule has 3 heteroatoms. The summed E-state index contributed by atoms with van der Waals surface area (Å²) in [5.41, 5.74) is 0. The fraction of sp³-hybridized carbons (Fsp3) is 0.600. The maximum Gasteiger partial charge on any atom is 0.0806 e. The molecule has 2 nitrogen and oxygen atoms in total. The van der Waals surface area contributed by atoms with Gasteiger partial charge in [-0.3, -0.25) is 4.90 Å². The third-order valence-corrected chi connectivity index (χ3v) is 6.69. The number of rotatable bonds is 7. The summed E-state index contributed by atoms with van der Waals surface area (Å²) in [6.07, 6.45) is 12.4. The SMILES string of the molecule is CCCCCC[C@H]1C=C(S(=O)c2ccccc2)C[C@H]2CCCN21. The van der Waals surface area contributed by atoms with E-state index in [1.165, 1.54) is 56.4 Å². The van der Waals surface area contributed by atoms with Crippen LogP contribution in [-0.4, -0.2) is 27.7 Å². The molecule has 1 aromatic rings. The van der Waals surface area contributed by atoms with Crippen LogP contribution in [-0.2, 0) is 10.8 Å². The monoisotopic (exact) mass is 331 g/mol. The Bertz CT molecular complexity index is 554. The predicted octanol–water partition coefficient (Wildman–Crippen LogP) is 4.89. The summed E-state index contributed by atoms with van der Waals surface area (Å²) in [4.78, 5) is 4.80. The number of unbranched alkanes of at least 4 members (excludes halogenated alkanes) is 3. The van der Waals surface area contributed by atoms with Crippen molar-refractivity contribution in [1.29, 1.82) is 0 Å². The van der Waals surface area contributed by atoms with E-state index in [0.29, 0.717) is 12.1 Å². The Labute approximate surface area is 143 Å². The third-order valence-electron chi connectivity index (χ3n) is 5.21. The Morgan fingerprint density at radius 1 is 1.17 bits per heavy atom. The minimum absolute atomic E-state index is 0.510.